The molecule has 0 radical (unpaired) electrons. The van der Waals surface area contributed by atoms with E-state index in [9.17, 15) is 0 Å². The van der Waals surface area contributed by atoms with Crippen molar-refractivity contribution in [3.8, 4) is 0 Å². The Balaban J connectivity index is 0.000000207. The molecule has 4 unspecified atom stereocenters. The highest BCUT2D eigenvalue weighted by molar-refractivity contribution is 7.11. The summed E-state index contributed by atoms with van der Waals surface area (Å²) in [5.74, 6) is 0. The molecule has 0 saturated carbocycles. The first-order valence-corrected chi connectivity index (χ1v) is 29.1. The largest absolute Gasteiger partial charge is 0.171 e. The van der Waals surface area contributed by atoms with Crippen LogP contribution in [0.5, 0.6) is 0 Å². The summed E-state index contributed by atoms with van der Waals surface area (Å²) in [4.78, 5) is 0. The van der Waals surface area contributed by atoms with Gasteiger partial charge in [0.25, 0.3) is 0 Å². The van der Waals surface area contributed by atoms with Crippen molar-refractivity contribution in [3.63, 3.8) is 0 Å². The van der Waals surface area contributed by atoms with Crippen LogP contribution in [-0.4, -0.2) is 32.4 Å². The van der Waals surface area contributed by atoms with E-state index in [0.717, 1.165) is 6.42 Å². The third-order valence-corrected chi connectivity index (χ3v) is 21.7. The lowest BCUT2D eigenvalue weighted by Crippen LogP contribution is -2.26. The van der Waals surface area contributed by atoms with Gasteiger partial charge in [0.2, 0.25) is 0 Å². The maximum atomic E-state index is 6.75. The summed E-state index contributed by atoms with van der Waals surface area (Å²) >= 11 is 24.7. The van der Waals surface area contributed by atoms with Gasteiger partial charge in [-0.05, 0) is 61.4 Å². The molecule has 4 atom stereocenters. The number of hydrogen-bond donors (Lipinski definition) is 0. The van der Waals surface area contributed by atoms with Gasteiger partial charge in [0, 0.05) is 16.6 Å². The molecule has 0 aliphatic heterocycles. The maximum absolute atomic E-state index is 6.75. The van der Waals surface area contributed by atoms with Crippen LogP contribution in [0.1, 0.15) is 59.6 Å². The van der Waals surface area contributed by atoms with E-state index in [1.165, 1.54) is 38.6 Å². The first-order valence-electron chi connectivity index (χ1n) is 15.5. The minimum Gasteiger partial charge on any atom is -0.171 e. The Kier molecular flexibility index (Phi) is 16.1. The number of benzene rings is 1. The van der Waals surface area contributed by atoms with Crippen LogP contribution in [0.15, 0.2) is 100 Å². The van der Waals surface area contributed by atoms with E-state index in [0.29, 0.717) is 21.7 Å². The fraction of sp³-hybridized carbons (Fsp3) is 0.429. The molecular formula is C35H52Cl4Si4. The van der Waals surface area contributed by atoms with Crippen molar-refractivity contribution in [2.45, 2.75) is 96.2 Å². The van der Waals surface area contributed by atoms with Crippen molar-refractivity contribution in [3.05, 3.63) is 111 Å². The Labute approximate surface area is 288 Å². The highest BCUT2D eigenvalue weighted by Crippen LogP contribution is 2.49. The predicted molar refractivity (Wildman–Crippen MR) is 212 cm³/mol. The Hall–Kier alpha value is -0.572. The zero-order valence-corrected chi connectivity index (χ0v) is 35.4. The second-order valence-corrected chi connectivity index (χ2v) is 30.1. The molecule has 0 amide bonds. The zero-order chi connectivity index (χ0) is 32.5. The van der Waals surface area contributed by atoms with E-state index >= 15 is 0 Å². The lowest BCUT2D eigenvalue weighted by Gasteiger charge is -2.30. The molecule has 8 heteroatoms. The Bertz CT molecular complexity index is 1210. The van der Waals surface area contributed by atoms with Crippen molar-refractivity contribution in [1.82, 2.24) is 0 Å². The zero-order valence-electron chi connectivity index (χ0n) is 27.8. The van der Waals surface area contributed by atoms with Gasteiger partial charge >= 0.3 is 0 Å². The molecule has 0 N–H and O–H groups in total. The second-order valence-electron chi connectivity index (χ2n) is 13.1. The second kappa shape index (κ2) is 17.9. The number of hydrogen-bond acceptors (Lipinski definition) is 0. The van der Waals surface area contributed by atoms with Gasteiger partial charge in [0.15, 0.2) is 16.2 Å². The van der Waals surface area contributed by atoms with Crippen molar-refractivity contribution in [1.29, 1.82) is 0 Å². The highest BCUT2D eigenvalue weighted by atomic mass is 35.6. The monoisotopic (exact) mass is 724 g/mol. The molecule has 0 nitrogen and oxygen atoms in total. The Morgan fingerprint density at radius 1 is 0.674 bits per heavy atom. The first kappa shape index (κ1) is 38.6. The lowest BCUT2D eigenvalue weighted by atomic mass is 10.1. The summed E-state index contributed by atoms with van der Waals surface area (Å²) in [5, 5.41) is 1.76. The van der Waals surface area contributed by atoms with Gasteiger partial charge < -0.3 is 0 Å². The van der Waals surface area contributed by atoms with Crippen molar-refractivity contribution < 1.29 is 0 Å². The van der Waals surface area contributed by atoms with Gasteiger partial charge in [0.05, 0.1) is 0 Å². The third-order valence-electron chi connectivity index (χ3n) is 8.72. The molecule has 5 rings (SSSR count). The fourth-order valence-corrected chi connectivity index (χ4v) is 13.0. The molecule has 1 aromatic rings. The molecule has 0 saturated heterocycles. The average molecular weight is 727 g/mol. The summed E-state index contributed by atoms with van der Waals surface area (Å²) in [6.45, 7) is 22.3. The van der Waals surface area contributed by atoms with Gasteiger partial charge in [-0.25, -0.2) is 0 Å². The molecular weight excluding hydrogens is 675 g/mol. The van der Waals surface area contributed by atoms with Crippen LogP contribution in [-0.2, 0) is 6.42 Å². The van der Waals surface area contributed by atoms with E-state index in [1.807, 2.05) is 0 Å². The minimum atomic E-state index is -1.28. The van der Waals surface area contributed by atoms with Gasteiger partial charge in [-0.1, -0.05) is 136 Å². The van der Waals surface area contributed by atoms with Crippen LogP contribution in [0.2, 0.25) is 41.3 Å². The van der Waals surface area contributed by atoms with Crippen LogP contribution in [0.4, 0.5) is 0 Å². The molecule has 0 spiro atoms. The van der Waals surface area contributed by atoms with Crippen LogP contribution in [0.25, 0.3) is 6.08 Å². The van der Waals surface area contributed by atoms with Crippen LogP contribution < -0.4 is 0 Å². The number of halogens is 4. The quantitative estimate of drug-likeness (QED) is 0.214. The van der Waals surface area contributed by atoms with Gasteiger partial charge in [-0.15, -0.1) is 0 Å². The lowest BCUT2D eigenvalue weighted by molar-refractivity contribution is 0.736. The van der Waals surface area contributed by atoms with Crippen molar-refractivity contribution >= 4 is 82.8 Å². The van der Waals surface area contributed by atoms with Gasteiger partial charge in [0.1, 0.15) is 16.2 Å². The molecule has 0 heterocycles. The summed E-state index contributed by atoms with van der Waals surface area (Å²) in [6.07, 6.45) is 20.3. The van der Waals surface area contributed by atoms with E-state index in [2.05, 4.69) is 147 Å². The van der Waals surface area contributed by atoms with Gasteiger partial charge in [-0.2, -0.15) is 44.3 Å². The van der Waals surface area contributed by atoms with E-state index in [1.54, 1.807) is 0 Å². The third kappa shape index (κ3) is 11.6. The summed E-state index contributed by atoms with van der Waals surface area (Å²) in [7, 11) is -4.20. The molecule has 1 aromatic carbocycles. The molecule has 43 heavy (non-hydrogen) atoms. The first-order chi connectivity index (χ1) is 20.1. The molecule has 4 aliphatic carbocycles. The number of fused-ring (bicyclic) bond motifs is 1. The topological polar surface area (TPSA) is 0 Å². The molecule has 4 aliphatic rings. The van der Waals surface area contributed by atoms with Crippen LogP contribution >= 0.6 is 44.3 Å². The SMILES string of the molecule is CC1=C(C)C([SiH](Cl)C(C)(C)C)C(C)=C1C.C[SiH](Cl)C1=Cc2ccccc2C1.C[SiH](Cl)C1C=CC=C1.C[SiH](Cl)C1C=CC=C1. The molecule has 0 aromatic heterocycles. The van der Waals surface area contributed by atoms with Gasteiger partial charge in [-0.3, -0.25) is 0 Å². The average Bonchev–Trinajstić information content (AvgIpc) is 3.76. The van der Waals surface area contributed by atoms with Crippen molar-refractivity contribution in [2.75, 3.05) is 0 Å². The standard InChI is InChI=1S/C13H23ClSi.C10H11ClSi.2C6H9ClSi/c1-8-9(2)11(4)12(10(8)3)15(14)13(5,6)7;1-12(11)10-6-8-4-2-3-5-9(8)7-10;2*1-8(7)6-4-2-3-5-6/h12,15H,1-7H3;2-6,12H,7H2,1H3;2*2-6,8H,1H3. The highest BCUT2D eigenvalue weighted by Gasteiger charge is 2.38. The molecule has 0 bridgehead atoms. The van der Waals surface area contributed by atoms with E-state index in [-0.39, 0.29) is 0 Å². The summed E-state index contributed by atoms with van der Waals surface area (Å²) in [5.41, 5.74) is 10.6. The summed E-state index contributed by atoms with van der Waals surface area (Å²) < 4.78 is 0. The van der Waals surface area contributed by atoms with E-state index in [4.69, 9.17) is 44.3 Å². The maximum Gasteiger partial charge on any atom is 0.164 e. The van der Waals surface area contributed by atoms with E-state index < -0.39 is 32.4 Å². The molecule has 236 valence electrons. The van der Waals surface area contributed by atoms with Crippen LogP contribution in [0, 0.1) is 0 Å². The number of allylic oxidation sites excluding steroid dienone is 13. The fourth-order valence-electron chi connectivity index (χ4n) is 5.39. The Morgan fingerprint density at radius 2 is 1.09 bits per heavy atom. The smallest absolute Gasteiger partial charge is 0.164 e. The van der Waals surface area contributed by atoms with Crippen molar-refractivity contribution in [2.24, 2.45) is 0 Å². The van der Waals surface area contributed by atoms with Crippen LogP contribution in [0.3, 0.4) is 0 Å². The minimum absolute atomic E-state index is 0.291. The molecule has 0 fully saturated rings. The summed E-state index contributed by atoms with van der Waals surface area (Å²) in [6, 6.07) is 8.53. The predicted octanol–water partition coefficient (Wildman–Crippen LogP) is 11.7. The normalized spacial score (nSPS) is 20.6. The number of rotatable bonds is 4. The Morgan fingerprint density at radius 3 is 1.42 bits per heavy atom.